The summed E-state index contributed by atoms with van der Waals surface area (Å²) in [5.41, 5.74) is 0.759. The molecule has 0 aliphatic heterocycles. The number of hydrogen-bond donors (Lipinski definition) is 1. The highest BCUT2D eigenvalue weighted by Crippen LogP contribution is 2.14. The Morgan fingerprint density at radius 3 is 2.56 bits per heavy atom. The van der Waals surface area contributed by atoms with E-state index >= 15 is 0 Å². The predicted octanol–water partition coefficient (Wildman–Crippen LogP) is 3.44. The molecule has 0 fully saturated rings. The van der Waals surface area contributed by atoms with Crippen LogP contribution in [0.25, 0.3) is 0 Å². The third kappa shape index (κ3) is 5.53. The molecule has 0 saturated heterocycles. The number of amides is 1. The zero-order valence-corrected chi connectivity index (χ0v) is 11.1. The molecule has 3 nitrogen and oxygen atoms in total. The second-order valence-corrected chi connectivity index (χ2v) is 4.44. The van der Waals surface area contributed by atoms with Gasteiger partial charge in [-0.2, -0.15) is 0 Å². The van der Waals surface area contributed by atoms with Crippen LogP contribution >= 0.6 is 0 Å². The maximum absolute atomic E-state index is 11.6. The molecule has 1 N–H and O–H groups in total. The molecular formula is C15H20NO2. The van der Waals surface area contributed by atoms with Crippen molar-refractivity contribution in [1.82, 2.24) is 0 Å². The van der Waals surface area contributed by atoms with E-state index in [2.05, 4.69) is 19.2 Å². The normalized spacial score (nSPS) is 10.9. The topological polar surface area (TPSA) is 38.3 Å². The van der Waals surface area contributed by atoms with E-state index in [1.54, 1.807) is 13.2 Å². The van der Waals surface area contributed by atoms with Gasteiger partial charge in [-0.05, 0) is 49.1 Å². The molecule has 0 bridgehead atoms. The highest BCUT2D eigenvalue weighted by atomic mass is 16.5. The summed E-state index contributed by atoms with van der Waals surface area (Å²) in [6.07, 6.45) is 6.30. The minimum atomic E-state index is -0.125. The Morgan fingerprint density at radius 1 is 1.33 bits per heavy atom. The molecule has 0 unspecified atom stereocenters. The molecule has 0 heterocycles. The zero-order chi connectivity index (χ0) is 13.4. The molecule has 18 heavy (non-hydrogen) atoms. The van der Waals surface area contributed by atoms with Gasteiger partial charge in [0.1, 0.15) is 5.75 Å². The summed E-state index contributed by atoms with van der Waals surface area (Å²) in [7, 11) is 1.61. The Kier molecular flexibility index (Phi) is 5.98. The first-order chi connectivity index (χ1) is 8.61. The van der Waals surface area contributed by atoms with Crippen molar-refractivity contribution in [2.24, 2.45) is 5.92 Å². The van der Waals surface area contributed by atoms with Gasteiger partial charge in [0.05, 0.1) is 7.11 Å². The molecule has 1 radical (unpaired) electrons. The molecule has 1 aromatic rings. The van der Waals surface area contributed by atoms with Gasteiger partial charge in [-0.3, -0.25) is 4.79 Å². The molecule has 3 heteroatoms. The van der Waals surface area contributed by atoms with E-state index in [0.717, 1.165) is 17.9 Å². The van der Waals surface area contributed by atoms with Crippen molar-refractivity contribution >= 4 is 11.6 Å². The SMILES string of the molecule is COc1ccc(NC(=O)C=C[CH]CC(C)C)cc1. The number of rotatable bonds is 6. The standard InChI is InChI=1S/C15H20NO2/c1-12(2)6-4-5-7-15(17)16-13-8-10-14(18-3)11-9-13/h4-5,7-12H,6H2,1-3H3,(H,16,17). The summed E-state index contributed by atoms with van der Waals surface area (Å²) in [5, 5.41) is 2.78. The number of ether oxygens (including phenoxy) is 1. The lowest BCUT2D eigenvalue weighted by Gasteiger charge is -2.04. The second-order valence-electron chi connectivity index (χ2n) is 4.44. The first-order valence-electron chi connectivity index (χ1n) is 6.06. The molecule has 0 spiro atoms. The van der Waals surface area contributed by atoms with E-state index in [-0.39, 0.29) is 5.91 Å². The summed E-state index contributed by atoms with van der Waals surface area (Å²) >= 11 is 0. The average molecular weight is 246 g/mol. The Labute approximate surface area is 109 Å². The maximum Gasteiger partial charge on any atom is 0.248 e. The van der Waals surface area contributed by atoms with E-state index < -0.39 is 0 Å². The molecule has 0 aliphatic rings. The summed E-state index contributed by atoms with van der Waals surface area (Å²) in [5.74, 6) is 1.26. The van der Waals surface area contributed by atoms with Crippen LogP contribution in [0.1, 0.15) is 20.3 Å². The first kappa shape index (κ1) is 14.3. The van der Waals surface area contributed by atoms with E-state index in [0.29, 0.717) is 5.92 Å². The van der Waals surface area contributed by atoms with E-state index in [1.165, 1.54) is 6.08 Å². The third-order valence-electron chi connectivity index (χ3n) is 2.35. The van der Waals surface area contributed by atoms with E-state index in [9.17, 15) is 4.79 Å². The van der Waals surface area contributed by atoms with Crippen molar-refractivity contribution in [2.45, 2.75) is 20.3 Å². The number of hydrogen-bond acceptors (Lipinski definition) is 2. The molecule has 1 aromatic carbocycles. The van der Waals surface area contributed by atoms with Crippen LogP contribution in [0.5, 0.6) is 5.75 Å². The van der Waals surface area contributed by atoms with Gasteiger partial charge in [-0.15, -0.1) is 0 Å². The van der Waals surface area contributed by atoms with Gasteiger partial charge in [0, 0.05) is 5.69 Å². The van der Waals surface area contributed by atoms with Crippen LogP contribution in [-0.2, 0) is 4.79 Å². The van der Waals surface area contributed by atoms with Gasteiger partial charge in [0.15, 0.2) is 0 Å². The Bertz CT molecular complexity index is 393. The fourth-order valence-electron chi connectivity index (χ4n) is 1.36. The van der Waals surface area contributed by atoms with Crippen molar-refractivity contribution in [3.63, 3.8) is 0 Å². The van der Waals surface area contributed by atoms with Crippen LogP contribution in [0.3, 0.4) is 0 Å². The lowest BCUT2D eigenvalue weighted by Crippen LogP contribution is -2.07. The summed E-state index contributed by atoms with van der Waals surface area (Å²) in [6.45, 7) is 4.28. The third-order valence-corrected chi connectivity index (χ3v) is 2.35. The number of anilines is 1. The maximum atomic E-state index is 11.6. The van der Waals surface area contributed by atoms with Crippen molar-refractivity contribution < 1.29 is 9.53 Å². The number of nitrogens with one attached hydrogen (secondary N) is 1. The minimum absolute atomic E-state index is 0.125. The fraction of sp³-hybridized carbons (Fsp3) is 0.333. The van der Waals surface area contributed by atoms with Gasteiger partial charge in [-0.1, -0.05) is 19.9 Å². The quantitative estimate of drug-likeness (QED) is 0.781. The Morgan fingerprint density at radius 2 is 2.00 bits per heavy atom. The van der Waals surface area contributed by atoms with Gasteiger partial charge >= 0.3 is 0 Å². The van der Waals surface area contributed by atoms with Crippen molar-refractivity contribution in [3.05, 3.63) is 42.8 Å². The lowest BCUT2D eigenvalue weighted by atomic mass is 10.1. The molecule has 1 amide bonds. The summed E-state index contributed by atoms with van der Waals surface area (Å²) in [4.78, 5) is 11.6. The van der Waals surface area contributed by atoms with Gasteiger partial charge in [0.25, 0.3) is 0 Å². The molecular weight excluding hydrogens is 226 g/mol. The van der Waals surface area contributed by atoms with E-state index in [4.69, 9.17) is 4.74 Å². The largest absolute Gasteiger partial charge is 0.497 e. The highest BCUT2D eigenvalue weighted by molar-refractivity contribution is 5.99. The Balaban J connectivity index is 2.39. The van der Waals surface area contributed by atoms with Crippen LogP contribution in [0, 0.1) is 12.3 Å². The summed E-state index contributed by atoms with van der Waals surface area (Å²) in [6, 6.07) is 7.24. The number of methoxy groups -OCH3 is 1. The molecule has 0 aromatic heterocycles. The van der Waals surface area contributed by atoms with Crippen LogP contribution < -0.4 is 10.1 Å². The molecule has 97 valence electrons. The fourth-order valence-corrected chi connectivity index (χ4v) is 1.36. The number of benzene rings is 1. The first-order valence-corrected chi connectivity index (χ1v) is 6.06. The van der Waals surface area contributed by atoms with Crippen molar-refractivity contribution in [1.29, 1.82) is 0 Å². The highest BCUT2D eigenvalue weighted by Gasteiger charge is 1.98. The van der Waals surface area contributed by atoms with E-state index in [1.807, 2.05) is 30.7 Å². The number of carbonyl (C=O) groups excluding carboxylic acids is 1. The minimum Gasteiger partial charge on any atom is -0.497 e. The lowest BCUT2D eigenvalue weighted by molar-refractivity contribution is -0.111. The van der Waals surface area contributed by atoms with Crippen molar-refractivity contribution in [3.8, 4) is 5.75 Å². The van der Waals surface area contributed by atoms with Crippen LogP contribution in [0.15, 0.2) is 36.4 Å². The Hall–Kier alpha value is -1.77. The summed E-state index contributed by atoms with van der Waals surface area (Å²) < 4.78 is 5.04. The van der Waals surface area contributed by atoms with Crippen molar-refractivity contribution in [2.75, 3.05) is 12.4 Å². The molecule has 0 aliphatic carbocycles. The van der Waals surface area contributed by atoms with Crippen LogP contribution in [0.2, 0.25) is 0 Å². The monoisotopic (exact) mass is 246 g/mol. The predicted molar refractivity (Wildman–Crippen MR) is 74.5 cm³/mol. The van der Waals surface area contributed by atoms with Gasteiger partial charge in [-0.25, -0.2) is 0 Å². The second kappa shape index (κ2) is 7.54. The van der Waals surface area contributed by atoms with Gasteiger partial charge in [0.2, 0.25) is 5.91 Å². The van der Waals surface area contributed by atoms with Crippen LogP contribution in [0.4, 0.5) is 5.69 Å². The smallest absolute Gasteiger partial charge is 0.248 e. The van der Waals surface area contributed by atoms with Gasteiger partial charge < -0.3 is 10.1 Å². The molecule has 1 rings (SSSR count). The number of carbonyl (C=O) groups is 1. The number of allylic oxidation sites excluding steroid dienone is 1. The van der Waals surface area contributed by atoms with Crippen LogP contribution in [-0.4, -0.2) is 13.0 Å². The molecule has 0 atom stereocenters. The molecule has 0 saturated carbocycles. The average Bonchev–Trinajstić information content (AvgIpc) is 2.35. The zero-order valence-electron chi connectivity index (χ0n) is 11.1.